The van der Waals surface area contributed by atoms with Crippen LogP contribution in [0.25, 0.3) is 43.8 Å². The van der Waals surface area contributed by atoms with Gasteiger partial charge in [-0.25, -0.2) is 0 Å². The third-order valence-electron chi connectivity index (χ3n) is 11.5. The molecule has 318 valence electrons. The topological polar surface area (TPSA) is 0 Å². The molecule has 0 aliphatic heterocycles. The molecule has 0 amide bonds. The van der Waals surface area contributed by atoms with Gasteiger partial charge in [0.1, 0.15) is 0 Å². The molecule has 2 aliphatic carbocycles. The second-order valence-electron chi connectivity index (χ2n) is 15.8. The van der Waals surface area contributed by atoms with Crippen LogP contribution in [0, 0.1) is 26.2 Å². The van der Waals surface area contributed by atoms with Crippen molar-refractivity contribution < 1.29 is 36.5 Å². The summed E-state index contributed by atoms with van der Waals surface area (Å²) in [5.74, 6) is 1.83. The first-order chi connectivity index (χ1) is 27.2. The first-order valence-electron chi connectivity index (χ1n) is 20.9. The van der Waals surface area contributed by atoms with Crippen LogP contribution in [-0.2, 0) is 49.0 Å². The number of hydrogen-bond donors (Lipinski definition) is 0. The van der Waals surface area contributed by atoms with Crippen molar-refractivity contribution in [2.45, 2.75) is 116 Å². The predicted molar refractivity (Wildman–Crippen MR) is 252 cm³/mol. The van der Waals surface area contributed by atoms with E-state index in [1.165, 1.54) is 179 Å². The molecule has 2 radical (unpaired) electrons. The number of halogens is 5. The van der Waals surface area contributed by atoms with Crippen molar-refractivity contribution in [2.75, 3.05) is 0 Å². The van der Waals surface area contributed by atoms with Gasteiger partial charge in [-0.15, -0.1) is 93.9 Å². The number of alkyl halides is 3. The Hall–Kier alpha value is -2.43. The Bertz CT molecular complexity index is 1910. The van der Waals surface area contributed by atoms with Crippen molar-refractivity contribution in [3.05, 3.63) is 146 Å². The summed E-state index contributed by atoms with van der Waals surface area (Å²) >= 11 is 1.36. The molecule has 0 spiro atoms. The van der Waals surface area contributed by atoms with Gasteiger partial charge in [-0.2, -0.15) is 25.3 Å². The van der Waals surface area contributed by atoms with E-state index in [0.29, 0.717) is 0 Å². The van der Waals surface area contributed by atoms with Crippen LogP contribution in [0.5, 0.6) is 0 Å². The zero-order valence-corrected chi connectivity index (χ0v) is 40.4. The van der Waals surface area contributed by atoms with Gasteiger partial charge in [-0.3, -0.25) is 0 Å². The summed E-state index contributed by atoms with van der Waals surface area (Å²) in [6, 6.07) is 41.6. The molecule has 0 N–H and O–H groups in total. The van der Waals surface area contributed by atoms with Gasteiger partial charge in [0.15, 0.2) is 0 Å². The molecule has 0 bridgehead atoms. The Morgan fingerprint density at radius 3 is 1.25 bits per heavy atom. The number of benzene rings is 4. The van der Waals surface area contributed by atoms with E-state index in [-0.39, 0.29) is 32.2 Å². The van der Waals surface area contributed by atoms with E-state index in [1.807, 2.05) is 0 Å². The average Bonchev–Trinajstić information content (AvgIpc) is 4.05. The Balaban J connectivity index is 0.000000331. The van der Waals surface area contributed by atoms with Crippen LogP contribution >= 0.6 is 24.8 Å². The summed E-state index contributed by atoms with van der Waals surface area (Å²) in [5.41, 5.74) is 11.4. The Labute approximate surface area is 383 Å². The second-order valence-corrected chi connectivity index (χ2v) is 15.8. The van der Waals surface area contributed by atoms with E-state index in [4.69, 9.17) is 0 Å². The predicted octanol–water partition coefficient (Wildman–Crippen LogP) is 16.5. The summed E-state index contributed by atoms with van der Waals surface area (Å²) in [5, 5.41) is 5.65. The van der Waals surface area contributed by atoms with E-state index in [0.717, 1.165) is 11.8 Å². The molecule has 0 aromatic heterocycles. The van der Waals surface area contributed by atoms with Crippen LogP contribution in [-0.4, -0.2) is 13.1 Å². The van der Waals surface area contributed by atoms with Gasteiger partial charge in [-0.1, -0.05) is 156 Å². The third kappa shape index (κ3) is 15.8. The second kappa shape index (κ2) is 26.8. The van der Waals surface area contributed by atoms with Crippen LogP contribution < -0.4 is 0 Å². The zero-order valence-electron chi connectivity index (χ0n) is 35.3. The van der Waals surface area contributed by atoms with Gasteiger partial charge in [0.05, 0.1) is 0 Å². The SMILES string of the molecule is CCCc1ccc(-c2cccc3[cH-]c(CC4CCCC4)cc23)cc1.CCCc1ccc(-c2cccc3[cH-]c(CC4CCCC4)cc23)cc1.Cl.Cl.[CH2-]CC(F)(F)F.[CH3-].[Si]=[Zr]. The molecule has 8 rings (SSSR count). The van der Waals surface area contributed by atoms with Crippen LogP contribution in [0.15, 0.2) is 109 Å². The van der Waals surface area contributed by atoms with E-state index >= 15 is 0 Å². The molecule has 6 aromatic rings. The Morgan fingerprint density at radius 2 is 0.949 bits per heavy atom. The quantitative estimate of drug-likeness (QED) is 0.0948. The fourth-order valence-corrected chi connectivity index (χ4v) is 8.71. The fourth-order valence-electron chi connectivity index (χ4n) is 8.71. The monoisotopic (exact) mass is 932 g/mol. The standard InChI is InChI=1S/2C24H27.C3H4F3.CH3.2ClH.Si.Zr/c2*1-2-6-18-11-13-21(14-12-18)23-10-5-9-22-16-20(17-24(22)23)15-19-7-3-4-8-19;1-2-3(4,5)6;;;;;/h2*5,9-14,16-17,19H,2-4,6-8,15H2,1H3;1-2H2;1H3;2*1H;;/q4*-1;;;;. The average molecular weight is 935 g/mol. The summed E-state index contributed by atoms with van der Waals surface area (Å²) in [6.07, 6.45) is 13.7. The molecule has 0 nitrogen and oxygen atoms in total. The molecule has 0 saturated heterocycles. The van der Waals surface area contributed by atoms with Crippen molar-refractivity contribution in [3.63, 3.8) is 0 Å². The molecule has 6 aromatic carbocycles. The number of fused-ring (bicyclic) bond motifs is 2. The van der Waals surface area contributed by atoms with Crippen molar-refractivity contribution in [3.8, 4) is 22.3 Å². The normalized spacial score (nSPS) is 13.8. The first-order valence-corrected chi connectivity index (χ1v) is 25.1. The minimum atomic E-state index is -4.07. The van der Waals surface area contributed by atoms with Crippen LogP contribution in [0.2, 0.25) is 0 Å². The van der Waals surface area contributed by atoms with Crippen molar-refractivity contribution in [2.24, 2.45) is 11.8 Å². The molecule has 2 aliphatic rings. The molecule has 2 fully saturated rings. The van der Waals surface area contributed by atoms with Gasteiger partial charge < -0.3 is 14.4 Å². The summed E-state index contributed by atoms with van der Waals surface area (Å²) in [6.45, 7) is 10.2. The van der Waals surface area contributed by atoms with E-state index in [1.54, 1.807) is 0 Å². The van der Waals surface area contributed by atoms with Gasteiger partial charge >= 0.3 is 36.4 Å². The van der Waals surface area contributed by atoms with Crippen LogP contribution in [0.4, 0.5) is 13.2 Å². The van der Waals surface area contributed by atoms with E-state index < -0.39 is 12.6 Å². The molecule has 59 heavy (non-hydrogen) atoms. The number of rotatable bonds is 10. The summed E-state index contributed by atoms with van der Waals surface area (Å²) in [4.78, 5) is 0. The molecule has 0 unspecified atom stereocenters. The van der Waals surface area contributed by atoms with Gasteiger partial charge in [-0.05, 0) is 59.8 Å². The molecule has 7 heteroatoms. The molecule has 2 saturated carbocycles. The Kier molecular flexibility index (Phi) is 23.9. The molecular weight excluding hydrogens is 872 g/mol. The van der Waals surface area contributed by atoms with Gasteiger partial charge in [0.2, 0.25) is 0 Å². The van der Waals surface area contributed by atoms with Gasteiger partial charge in [0, 0.05) is 0 Å². The molecule has 0 heterocycles. The maximum absolute atomic E-state index is 10.7. The van der Waals surface area contributed by atoms with Crippen LogP contribution in [0.3, 0.4) is 0 Å². The molecular formula is C52H63Cl2F3SiZr-4. The maximum atomic E-state index is 10.7. The molecule has 0 atom stereocenters. The number of hydrogen-bond acceptors (Lipinski definition) is 0. The summed E-state index contributed by atoms with van der Waals surface area (Å²) in [7, 11) is 0. The van der Waals surface area contributed by atoms with E-state index in [2.05, 4.69) is 137 Å². The summed E-state index contributed by atoms with van der Waals surface area (Å²) < 4.78 is 32.2. The van der Waals surface area contributed by atoms with Crippen molar-refractivity contribution in [1.82, 2.24) is 0 Å². The van der Waals surface area contributed by atoms with Crippen molar-refractivity contribution in [1.29, 1.82) is 0 Å². The minimum absolute atomic E-state index is 0. The third-order valence-corrected chi connectivity index (χ3v) is 11.5. The number of aryl methyl sites for hydroxylation is 2. The van der Waals surface area contributed by atoms with Gasteiger partial charge in [0.25, 0.3) is 0 Å². The van der Waals surface area contributed by atoms with Crippen LogP contribution in [0.1, 0.15) is 107 Å². The van der Waals surface area contributed by atoms with Crippen molar-refractivity contribution >= 4 is 53.2 Å². The zero-order chi connectivity index (χ0) is 39.9. The first kappa shape index (κ1) is 52.7. The van der Waals surface area contributed by atoms with E-state index in [9.17, 15) is 13.2 Å². The Morgan fingerprint density at radius 1 is 0.610 bits per heavy atom. The fraction of sp³-hybridized carbons (Fsp3) is 0.385.